The lowest BCUT2D eigenvalue weighted by atomic mass is 10.2. The molecule has 1 aromatic carbocycles. The first-order chi connectivity index (χ1) is 9.97. The van der Waals surface area contributed by atoms with E-state index in [0.29, 0.717) is 17.1 Å². The lowest BCUT2D eigenvalue weighted by Gasteiger charge is -2.14. The van der Waals surface area contributed by atoms with Gasteiger partial charge in [-0.05, 0) is 31.2 Å². The van der Waals surface area contributed by atoms with Crippen molar-refractivity contribution in [3.8, 4) is 5.75 Å². The van der Waals surface area contributed by atoms with Gasteiger partial charge in [0.2, 0.25) is 0 Å². The molecule has 4 nitrogen and oxygen atoms in total. The molecule has 0 radical (unpaired) electrons. The van der Waals surface area contributed by atoms with Crippen molar-refractivity contribution in [1.29, 1.82) is 0 Å². The summed E-state index contributed by atoms with van der Waals surface area (Å²) in [5.41, 5.74) is 7.26. The number of nitrogens with one attached hydrogen (secondary N) is 1. The van der Waals surface area contributed by atoms with Gasteiger partial charge >= 0.3 is 6.61 Å². The Morgan fingerprint density at radius 3 is 2.67 bits per heavy atom. The second kappa shape index (κ2) is 6.45. The van der Waals surface area contributed by atoms with E-state index in [0.717, 1.165) is 5.69 Å². The third-order valence-corrected chi connectivity index (χ3v) is 2.88. The molecule has 7 heteroatoms. The van der Waals surface area contributed by atoms with E-state index in [1.54, 1.807) is 37.3 Å². The number of para-hydroxylation sites is 2. The van der Waals surface area contributed by atoms with Crippen LogP contribution in [0.2, 0.25) is 0 Å². The number of hydrogen-bond acceptors (Lipinski definition) is 4. The summed E-state index contributed by atoms with van der Waals surface area (Å²) in [6, 6.07) is 9.82. The van der Waals surface area contributed by atoms with Gasteiger partial charge < -0.3 is 15.8 Å². The van der Waals surface area contributed by atoms with Gasteiger partial charge in [0, 0.05) is 5.69 Å². The highest BCUT2D eigenvalue weighted by Gasteiger charge is 2.12. The summed E-state index contributed by atoms with van der Waals surface area (Å²) < 4.78 is 29.3. The monoisotopic (exact) mass is 309 g/mol. The molecular weight excluding hydrogens is 296 g/mol. The fourth-order valence-corrected chi connectivity index (χ4v) is 1.91. The summed E-state index contributed by atoms with van der Waals surface area (Å²) in [5.74, 6) is 0.414. The van der Waals surface area contributed by atoms with E-state index in [9.17, 15) is 8.78 Å². The highest BCUT2D eigenvalue weighted by atomic mass is 32.1. The van der Waals surface area contributed by atoms with Crippen LogP contribution in [0.4, 0.5) is 20.3 Å². The van der Waals surface area contributed by atoms with Crippen LogP contribution in [0, 0.1) is 6.92 Å². The Kier molecular flexibility index (Phi) is 4.64. The number of anilines is 2. The van der Waals surface area contributed by atoms with Gasteiger partial charge in [0.15, 0.2) is 0 Å². The third kappa shape index (κ3) is 3.85. The molecule has 1 aromatic heterocycles. The second-order valence-electron chi connectivity index (χ2n) is 4.21. The van der Waals surface area contributed by atoms with Crippen molar-refractivity contribution >= 4 is 28.7 Å². The fraction of sp³-hybridized carbons (Fsp3) is 0.143. The van der Waals surface area contributed by atoms with E-state index in [4.69, 9.17) is 18.0 Å². The fourth-order valence-electron chi connectivity index (χ4n) is 1.75. The number of thiocarbonyl (C=S) groups is 1. The number of hydrogen-bond donors (Lipinski definition) is 2. The smallest absolute Gasteiger partial charge is 0.387 e. The van der Waals surface area contributed by atoms with Gasteiger partial charge in [-0.2, -0.15) is 8.78 Å². The average molecular weight is 309 g/mol. The molecule has 0 aliphatic carbocycles. The molecule has 2 aromatic rings. The molecule has 0 spiro atoms. The zero-order chi connectivity index (χ0) is 15.4. The van der Waals surface area contributed by atoms with Gasteiger partial charge in [0.05, 0.1) is 11.3 Å². The van der Waals surface area contributed by atoms with Crippen molar-refractivity contribution in [3.63, 3.8) is 0 Å². The topological polar surface area (TPSA) is 60.2 Å². The molecule has 0 aliphatic heterocycles. The number of benzene rings is 1. The number of ether oxygens (including phenoxy) is 1. The van der Waals surface area contributed by atoms with Gasteiger partial charge in [-0.25, -0.2) is 4.98 Å². The van der Waals surface area contributed by atoms with E-state index in [2.05, 4.69) is 15.0 Å². The molecule has 3 N–H and O–H groups in total. The van der Waals surface area contributed by atoms with Crippen molar-refractivity contribution < 1.29 is 13.5 Å². The van der Waals surface area contributed by atoms with Crippen molar-refractivity contribution in [1.82, 2.24) is 4.98 Å². The van der Waals surface area contributed by atoms with Crippen molar-refractivity contribution in [2.45, 2.75) is 13.5 Å². The van der Waals surface area contributed by atoms with Gasteiger partial charge in [0.1, 0.15) is 16.6 Å². The van der Waals surface area contributed by atoms with Gasteiger partial charge in [0.25, 0.3) is 0 Å². The number of alkyl halides is 2. The molecule has 0 saturated heterocycles. The number of rotatable bonds is 5. The lowest BCUT2D eigenvalue weighted by Crippen LogP contribution is -2.14. The standard InChI is InChI=1S/C14H13F2N3OS/c1-8-6-7-9(12(17)21)13(18-8)19-10-4-2-3-5-11(10)20-14(15)16/h2-7,14H,1H3,(H2,17,21)(H,18,19). The van der Waals surface area contributed by atoms with Crippen LogP contribution in [-0.4, -0.2) is 16.6 Å². The molecule has 0 bridgehead atoms. The summed E-state index contributed by atoms with van der Waals surface area (Å²) in [5, 5.41) is 2.93. The van der Waals surface area contributed by atoms with E-state index < -0.39 is 6.61 Å². The number of nitrogens with two attached hydrogens (primary N) is 1. The number of halogens is 2. The van der Waals surface area contributed by atoms with E-state index in [1.807, 2.05) is 0 Å². The highest BCUT2D eigenvalue weighted by molar-refractivity contribution is 7.80. The summed E-state index contributed by atoms with van der Waals surface area (Å²) in [7, 11) is 0. The molecule has 0 unspecified atom stereocenters. The minimum Gasteiger partial charge on any atom is -0.433 e. The maximum Gasteiger partial charge on any atom is 0.387 e. The highest BCUT2D eigenvalue weighted by Crippen LogP contribution is 2.29. The normalized spacial score (nSPS) is 10.5. The number of aromatic nitrogens is 1. The maximum absolute atomic E-state index is 12.4. The van der Waals surface area contributed by atoms with E-state index in [1.165, 1.54) is 6.07 Å². The summed E-state index contributed by atoms with van der Waals surface area (Å²) >= 11 is 4.96. The average Bonchev–Trinajstić information content (AvgIpc) is 2.40. The van der Waals surface area contributed by atoms with Crippen molar-refractivity contribution in [2.75, 3.05) is 5.32 Å². The predicted octanol–water partition coefficient (Wildman–Crippen LogP) is 3.37. The number of nitrogens with zero attached hydrogens (tertiary/aromatic N) is 1. The van der Waals surface area contributed by atoms with Gasteiger partial charge in [-0.1, -0.05) is 24.4 Å². The molecule has 0 aliphatic rings. The van der Waals surface area contributed by atoms with Crippen molar-refractivity contribution in [2.24, 2.45) is 5.73 Å². The molecular formula is C14H13F2N3OS. The Morgan fingerprint density at radius 1 is 1.29 bits per heavy atom. The summed E-state index contributed by atoms with van der Waals surface area (Å²) in [4.78, 5) is 4.45. The summed E-state index contributed by atoms with van der Waals surface area (Å²) in [6.45, 7) is -1.11. The van der Waals surface area contributed by atoms with Crippen LogP contribution in [0.3, 0.4) is 0 Å². The Labute approximate surface area is 125 Å². The third-order valence-electron chi connectivity index (χ3n) is 2.66. The van der Waals surface area contributed by atoms with Crippen LogP contribution in [0.15, 0.2) is 36.4 Å². The molecule has 21 heavy (non-hydrogen) atoms. The largest absolute Gasteiger partial charge is 0.433 e. The molecule has 110 valence electrons. The molecule has 0 saturated carbocycles. The second-order valence-corrected chi connectivity index (χ2v) is 4.65. The Morgan fingerprint density at radius 2 is 2.00 bits per heavy atom. The van der Waals surface area contributed by atoms with Gasteiger partial charge in [-0.15, -0.1) is 0 Å². The van der Waals surface area contributed by atoms with Crippen LogP contribution in [0.5, 0.6) is 5.75 Å². The van der Waals surface area contributed by atoms with Crippen LogP contribution in [0.25, 0.3) is 0 Å². The van der Waals surface area contributed by atoms with Crippen LogP contribution < -0.4 is 15.8 Å². The minimum absolute atomic E-state index is 0.0182. The number of aryl methyl sites for hydroxylation is 1. The van der Waals surface area contributed by atoms with E-state index >= 15 is 0 Å². The summed E-state index contributed by atoms with van der Waals surface area (Å²) in [6.07, 6.45) is 0. The van der Waals surface area contributed by atoms with E-state index in [-0.39, 0.29) is 10.7 Å². The zero-order valence-corrected chi connectivity index (χ0v) is 12.0. The maximum atomic E-state index is 12.4. The minimum atomic E-state index is -2.91. The quantitative estimate of drug-likeness (QED) is 0.829. The Balaban J connectivity index is 2.38. The van der Waals surface area contributed by atoms with Crippen LogP contribution in [0.1, 0.15) is 11.3 Å². The van der Waals surface area contributed by atoms with Crippen LogP contribution in [-0.2, 0) is 0 Å². The Hall–Kier alpha value is -2.28. The predicted molar refractivity (Wildman–Crippen MR) is 81.2 cm³/mol. The molecule has 0 atom stereocenters. The zero-order valence-electron chi connectivity index (χ0n) is 11.1. The van der Waals surface area contributed by atoms with Crippen LogP contribution >= 0.6 is 12.2 Å². The first-order valence-corrected chi connectivity index (χ1v) is 6.46. The lowest BCUT2D eigenvalue weighted by molar-refractivity contribution is -0.0493. The first kappa shape index (κ1) is 15.1. The van der Waals surface area contributed by atoms with Crippen molar-refractivity contribution in [3.05, 3.63) is 47.7 Å². The SMILES string of the molecule is Cc1ccc(C(N)=S)c(Nc2ccccc2OC(F)F)n1. The Bertz CT molecular complexity index is 664. The first-order valence-electron chi connectivity index (χ1n) is 6.05. The molecule has 0 amide bonds. The van der Waals surface area contributed by atoms with Gasteiger partial charge in [-0.3, -0.25) is 0 Å². The number of pyridine rings is 1. The molecule has 0 fully saturated rings. The molecule has 2 rings (SSSR count). The molecule has 1 heterocycles.